The Morgan fingerprint density at radius 1 is 1.00 bits per heavy atom. The summed E-state index contributed by atoms with van der Waals surface area (Å²) >= 11 is 0. The zero-order chi connectivity index (χ0) is 24.4. The molecule has 35 heavy (non-hydrogen) atoms. The second-order valence-electron chi connectivity index (χ2n) is 8.58. The molecule has 1 unspecified atom stereocenters. The minimum Gasteiger partial charge on any atom is -0.497 e. The summed E-state index contributed by atoms with van der Waals surface area (Å²) in [6.07, 6.45) is 2.38. The van der Waals surface area contributed by atoms with E-state index < -0.39 is 0 Å². The van der Waals surface area contributed by atoms with E-state index in [4.69, 9.17) is 18.9 Å². The van der Waals surface area contributed by atoms with E-state index in [1.807, 2.05) is 55.6 Å². The maximum Gasteiger partial charge on any atom is 0.231 e. The minimum atomic E-state index is -0.193. The van der Waals surface area contributed by atoms with Crippen LogP contribution in [-0.4, -0.2) is 31.5 Å². The fourth-order valence-electron chi connectivity index (χ4n) is 4.60. The first-order chi connectivity index (χ1) is 17.1. The van der Waals surface area contributed by atoms with Crippen molar-refractivity contribution in [1.29, 1.82) is 0 Å². The average molecular weight is 473 g/mol. The number of fused-ring (bicyclic) bond motifs is 2. The molecular formula is C28H28N2O5. The third kappa shape index (κ3) is 4.62. The van der Waals surface area contributed by atoms with Crippen molar-refractivity contribution >= 4 is 16.8 Å². The van der Waals surface area contributed by atoms with Gasteiger partial charge in [0.05, 0.1) is 14.2 Å². The van der Waals surface area contributed by atoms with E-state index in [-0.39, 0.29) is 25.0 Å². The molecule has 1 aliphatic rings. The van der Waals surface area contributed by atoms with Crippen LogP contribution in [0.1, 0.15) is 29.0 Å². The summed E-state index contributed by atoms with van der Waals surface area (Å²) in [6.45, 7) is 0.626. The summed E-state index contributed by atoms with van der Waals surface area (Å²) in [7, 11) is 5.28. The number of aryl methyl sites for hydroxylation is 1. The van der Waals surface area contributed by atoms with E-state index in [1.165, 1.54) is 0 Å². The van der Waals surface area contributed by atoms with Crippen molar-refractivity contribution in [2.24, 2.45) is 7.05 Å². The van der Waals surface area contributed by atoms with Crippen molar-refractivity contribution in [2.45, 2.75) is 18.9 Å². The van der Waals surface area contributed by atoms with Crippen LogP contribution in [0.4, 0.5) is 0 Å². The standard InChI is InChI=1S/C28H28N2O5/c1-30-16-24(22-6-4-5-7-25(22)30)23(19-11-20(32-2)13-21(12-19)33-3)14-28(31)29-15-18-8-9-26-27(10-18)35-17-34-26/h4-13,16,23H,14-15,17H2,1-3H3,(H,29,31). The van der Waals surface area contributed by atoms with Gasteiger partial charge in [-0.1, -0.05) is 24.3 Å². The number of aromatic nitrogens is 1. The van der Waals surface area contributed by atoms with E-state index in [9.17, 15) is 4.79 Å². The quantitative estimate of drug-likeness (QED) is 0.400. The number of carbonyl (C=O) groups excluding carboxylic acids is 1. The summed E-state index contributed by atoms with van der Waals surface area (Å²) in [5, 5.41) is 4.18. The van der Waals surface area contributed by atoms with Crippen LogP contribution in [0.15, 0.2) is 66.9 Å². The number of hydrogen-bond donors (Lipinski definition) is 1. The smallest absolute Gasteiger partial charge is 0.231 e. The highest BCUT2D eigenvalue weighted by molar-refractivity contribution is 5.86. The van der Waals surface area contributed by atoms with Crippen LogP contribution in [0.3, 0.4) is 0 Å². The molecule has 0 spiro atoms. The molecule has 1 aromatic heterocycles. The van der Waals surface area contributed by atoms with Gasteiger partial charge in [-0.2, -0.15) is 0 Å². The molecule has 0 radical (unpaired) electrons. The van der Waals surface area contributed by atoms with Gasteiger partial charge >= 0.3 is 0 Å². The molecule has 7 nitrogen and oxygen atoms in total. The highest BCUT2D eigenvalue weighted by Crippen LogP contribution is 2.38. The van der Waals surface area contributed by atoms with Crippen molar-refractivity contribution in [2.75, 3.05) is 21.0 Å². The number of rotatable bonds is 8. The molecule has 1 N–H and O–H groups in total. The molecule has 0 saturated heterocycles. The third-order valence-corrected chi connectivity index (χ3v) is 6.40. The SMILES string of the molecule is COc1cc(OC)cc(C(CC(=O)NCc2ccc3c(c2)OCO3)c2cn(C)c3ccccc23)c1. The van der Waals surface area contributed by atoms with Gasteiger partial charge in [-0.25, -0.2) is 0 Å². The molecule has 1 atom stereocenters. The van der Waals surface area contributed by atoms with E-state index in [0.29, 0.717) is 23.8 Å². The number of nitrogens with one attached hydrogen (secondary N) is 1. The Hall–Kier alpha value is -4.13. The Morgan fingerprint density at radius 3 is 2.51 bits per heavy atom. The van der Waals surface area contributed by atoms with Crippen LogP contribution >= 0.6 is 0 Å². The first-order valence-electron chi connectivity index (χ1n) is 11.5. The minimum absolute atomic E-state index is 0.0533. The van der Waals surface area contributed by atoms with Crippen LogP contribution in [0.25, 0.3) is 10.9 Å². The molecule has 4 aromatic rings. The lowest BCUT2D eigenvalue weighted by molar-refractivity contribution is -0.121. The van der Waals surface area contributed by atoms with Gasteiger partial charge in [0.1, 0.15) is 11.5 Å². The largest absolute Gasteiger partial charge is 0.497 e. The number of carbonyl (C=O) groups is 1. The molecule has 0 saturated carbocycles. The van der Waals surface area contributed by atoms with Crippen molar-refractivity contribution in [3.8, 4) is 23.0 Å². The second kappa shape index (κ2) is 9.62. The Bertz CT molecular complexity index is 1360. The summed E-state index contributed by atoms with van der Waals surface area (Å²) < 4.78 is 24.0. The van der Waals surface area contributed by atoms with Crippen LogP contribution in [0.5, 0.6) is 23.0 Å². The van der Waals surface area contributed by atoms with Crippen molar-refractivity contribution in [3.05, 3.63) is 83.6 Å². The average Bonchev–Trinajstić information content (AvgIpc) is 3.49. The zero-order valence-corrected chi connectivity index (χ0v) is 20.0. The fraction of sp³-hybridized carbons (Fsp3) is 0.250. The summed E-state index contributed by atoms with van der Waals surface area (Å²) in [5.41, 5.74) is 4.10. The molecule has 180 valence electrons. The highest BCUT2D eigenvalue weighted by Gasteiger charge is 2.24. The molecular weight excluding hydrogens is 444 g/mol. The molecule has 0 fully saturated rings. The van der Waals surface area contributed by atoms with Gasteiger partial charge in [0, 0.05) is 49.1 Å². The number of para-hydroxylation sites is 1. The third-order valence-electron chi connectivity index (χ3n) is 6.40. The van der Waals surface area contributed by atoms with Gasteiger partial charge in [-0.3, -0.25) is 4.79 Å². The van der Waals surface area contributed by atoms with Crippen molar-refractivity contribution < 1.29 is 23.7 Å². The molecule has 5 rings (SSSR count). The predicted molar refractivity (Wildman–Crippen MR) is 133 cm³/mol. The monoisotopic (exact) mass is 472 g/mol. The second-order valence-corrected chi connectivity index (χ2v) is 8.58. The van der Waals surface area contributed by atoms with Crippen LogP contribution < -0.4 is 24.3 Å². The van der Waals surface area contributed by atoms with Crippen LogP contribution in [0, 0.1) is 0 Å². The summed E-state index contributed by atoms with van der Waals surface area (Å²) in [6, 6.07) is 19.7. The van der Waals surface area contributed by atoms with Gasteiger partial charge < -0.3 is 28.8 Å². The highest BCUT2D eigenvalue weighted by atomic mass is 16.7. The molecule has 7 heteroatoms. The van der Waals surface area contributed by atoms with Crippen molar-refractivity contribution in [1.82, 2.24) is 9.88 Å². The predicted octanol–water partition coefficient (Wildman–Crippen LogP) is 4.76. The molecule has 2 heterocycles. The zero-order valence-electron chi connectivity index (χ0n) is 20.0. The van der Waals surface area contributed by atoms with Gasteiger partial charge in [0.25, 0.3) is 0 Å². The fourth-order valence-corrected chi connectivity index (χ4v) is 4.60. The number of hydrogen-bond acceptors (Lipinski definition) is 5. The van der Waals surface area contributed by atoms with Gasteiger partial charge in [-0.15, -0.1) is 0 Å². The Labute approximate surface area is 204 Å². The van der Waals surface area contributed by atoms with Gasteiger partial charge in [0.2, 0.25) is 12.7 Å². The number of methoxy groups -OCH3 is 2. The number of nitrogens with zero attached hydrogens (tertiary/aromatic N) is 1. The Balaban J connectivity index is 1.45. The maximum absolute atomic E-state index is 13.2. The number of ether oxygens (including phenoxy) is 4. The molecule has 1 aliphatic heterocycles. The Kier molecular flexibility index (Phi) is 6.23. The molecule has 0 bridgehead atoms. The normalized spacial score (nSPS) is 13.0. The van der Waals surface area contributed by atoms with Crippen LogP contribution in [-0.2, 0) is 18.4 Å². The first-order valence-corrected chi connectivity index (χ1v) is 11.5. The lowest BCUT2D eigenvalue weighted by Gasteiger charge is -2.19. The summed E-state index contributed by atoms with van der Waals surface area (Å²) in [5.74, 6) is 2.55. The lowest BCUT2D eigenvalue weighted by Crippen LogP contribution is -2.25. The molecule has 0 aliphatic carbocycles. The number of amides is 1. The van der Waals surface area contributed by atoms with E-state index in [0.717, 1.165) is 33.3 Å². The summed E-state index contributed by atoms with van der Waals surface area (Å²) in [4.78, 5) is 13.2. The number of benzene rings is 3. The topological polar surface area (TPSA) is 71.0 Å². The first kappa shape index (κ1) is 22.7. The van der Waals surface area contributed by atoms with E-state index in [1.54, 1.807) is 14.2 Å². The molecule has 1 amide bonds. The molecule has 3 aromatic carbocycles. The van der Waals surface area contributed by atoms with E-state index >= 15 is 0 Å². The lowest BCUT2D eigenvalue weighted by atomic mass is 9.87. The van der Waals surface area contributed by atoms with Gasteiger partial charge in [-0.05, 0) is 47.0 Å². The van der Waals surface area contributed by atoms with Crippen molar-refractivity contribution in [3.63, 3.8) is 0 Å². The van der Waals surface area contributed by atoms with Gasteiger partial charge in [0.15, 0.2) is 11.5 Å². The maximum atomic E-state index is 13.2. The van der Waals surface area contributed by atoms with E-state index in [2.05, 4.69) is 28.2 Å². The Morgan fingerprint density at radius 2 is 1.74 bits per heavy atom. The van der Waals surface area contributed by atoms with Crippen LogP contribution in [0.2, 0.25) is 0 Å².